The van der Waals surface area contributed by atoms with E-state index in [0.29, 0.717) is 6.61 Å². The highest BCUT2D eigenvalue weighted by molar-refractivity contribution is 5.62. The molecule has 116 valence electrons. The highest BCUT2D eigenvalue weighted by Gasteiger charge is 2.21. The van der Waals surface area contributed by atoms with Gasteiger partial charge >= 0.3 is 0 Å². The Labute approximate surface area is 128 Å². The van der Waals surface area contributed by atoms with Crippen LogP contribution in [0.5, 0.6) is 11.5 Å². The van der Waals surface area contributed by atoms with Gasteiger partial charge in [0.05, 0.1) is 6.61 Å². The fourth-order valence-electron chi connectivity index (χ4n) is 2.42. The summed E-state index contributed by atoms with van der Waals surface area (Å²) < 4.78 is 11.6. The van der Waals surface area contributed by atoms with Crippen molar-refractivity contribution in [2.24, 2.45) is 0 Å². The number of hydrogen-bond donors (Lipinski definition) is 1. The number of ether oxygens (including phenoxy) is 2. The summed E-state index contributed by atoms with van der Waals surface area (Å²) in [6, 6.07) is 4.22. The van der Waals surface area contributed by atoms with E-state index in [1.165, 1.54) is 5.56 Å². The molecule has 0 radical (unpaired) electrons. The Morgan fingerprint density at radius 3 is 2.81 bits per heavy atom. The molecule has 1 unspecified atom stereocenters. The number of fused-ring (bicyclic) bond motifs is 1. The molecule has 2 rings (SSSR count). The van der Waals surface area contributed by atoms with Gasteiger partial charge in [0.15, 0.2) is 0 Å². The quantitative estimate of drug-likeness (QED) is 0.894. The second-order valence-electron chi connectivity index (χ2n) is 6.60. The van der Waals surface area contributed by atoms with Crippen LogP contribution in [0, 0.1) is 0 Å². The normalized spacial score (nSPS) is 17.9. The van der Waals surface area contributed by atoms with Gasteiger partial charge < -0.3 is 14.8 Å². The highest BCUT2D eigenvalue weighted by Crippen LogP contribution is 2.35. The van der Waals surface area contributed by atoms with E-state index in [9.17, 15) is 0 Å². The van der Waals surface area contributed by atoms with E-state index in [0.717, 1.165) is 30.0 Å². The van der Waals surface area contributed by atoms with Gasteiger partial charge in [0.2, 0.25) is 0 Å². The highest BCUT2D eigenvalue weighted by atomic mass is 16.5. The molecule has 0 saturated heterocycles. The number of hydrogen-bond acceptors (Lipinski definition) is 3. The van der Waals surface area contributed by atoms with Crippen LogP contribution in [0.25, 0.3) is 6.08 Å². The second kappa shape index (κ2) is 6.52. The molecule has 1 heterocycles. The Balaban J connectivity index is 2.14. The molecule has 1 aromatic carbocycles. The summed E-state index contributed by atoms with van der Waals surface area (Å²) in [6.45, 7) is 12.1. The van der Waals surface area contributed by atoms with Crippen molar-refractivity contribution >= 4 is 6.08 Å². The predicted octanol–water partition coefficient (Wildman–Crippen LogP) is 3.81. The lowest BCUT2D eigenvalue weighted by Crippen LogP contribution is -2.35. The van der Waals surface area contributed by atoms with Crippen molar-refractivity contribution in [3.05, 3.63) is 29.3 Å². The first-order chi connectivity index (χ1) is 9.89. The first-order valence-corrected chi connectivity index (χ1v) is 7.77. The van der Waals surface area contributed by atoms with Gasteiger partial charge in [-0.2, -0.15) is 0 Å². The van der Waals surface area contributed by atoms with E-state index in [2.05, 4.69) is 57.3 Å². The molecule has 1 aromatic rings. The Morgan fingerprint density at radius 2 is 2.14 bits per heavy atom. The molecule has 0 spiro atoms. The summed E-state index contributed by atoms with van der Waals surface area (Å²) in [4.78, 5) is 0. The van der Waals surface area contributed by atoms with E-state index in [1.807, 2.05) is 6.92 Å². The molecule has 1 aliphatic rings. The molecule has 0 amide bonds. The monoisotopic (exact) mass is 289 g/mol. The van der Waals surface area contributed by atoms with Gasteiger partial charge in [-0.25, -0.2) is 0 Å². The second-order valence-corrected chi connectivity index (χ2v) is 6.60. The maximum absolute atomic E-state index is 5.84. The lowest BCUT2D eigenvalue weighted by molar-refractivity contribution is 0.254. The van der Waals surface area contributed by atoms with Crippen LogP contribution in [-0.2, 0) is 6.42 Å². The molecule has 21 heavy (non-hydrogen) atoms. The average Bonchev–Trinajstić information content (AvgIpc) is 2.73. The molecule has 3 heteroatoms. The van der Waals surface area contributed by atoms with Crippen LogP contribution in [0.4, 0.5) is 0 Å². The maximum Gasteiger partial charge on any atom is 0.127 e. The number of nitrogens with one attached hydrogen (secondary N) is 1. The van der Waals surface area contributed by atoms with Gasteiger partial charge in [-0.1, -0.05) is 12.2 Å². The van der Waals surface area contributed by atoms with Crippen molar-refractivity contribution in [2.75, 3.05) is 13.2 Å². The third-order valence-corrected chi connectivity index (χ3v) is 3.38. The molecule has 0 bridgehead atoms. The first kappa shape index (κ1) is 15.9. The lowest BCUT2D eigenvalue weighted by atomic mass is 10.1. The molecule has 0 aromatic heterocycles. The third-order valence-electron chi connectivity index (χ3n) is 3.38. The molecule has 0 aliphatic carbocycles. The summed E-state index contributed by atoms with van der Waals surface area (Å²) in [6.07, 6.45) is 5.46. The van der Waals surface area contributed by atoms with E-state index >= 15 is 0 Å². The van der Waals surface area contributed by atoms with Gasteiger partial charge in [0.1, 0.15) is 17.6 Å². The van der Waals surface area contributed by atoms with Crippen LogP contribution >= 0.6 is 0 Å². The molecule has 1 aliphatic heterocycles. The van der Waals surface area contributed by atoms with Crippen LogP contribution in [-0.4, -0.2) is 24.8 Å². The minimum atomic E-state index is 0.129. The SMILES string of the molecule is CCOc1cc2c(cc1C=CCNC(C)(C)C)OC(C)C2. The van der Waals surface area contributed by atoms with Crippen LogP contribution in [0.2, 0.25) is 0 Å². The van der Waals surface area contributed by atoms with Gasteiger partial charge in [0, 0.05) is 29.6 Å². The minimum absolute atomic E-state index is 0.129. The van der Waals surface area contributed by atoms with E-state index in [1.54, 1.807) is 0 Å². The largest absolute Gasteiger partial charge is 0.493 e. The summed E-state index contributed by atoms with van der Waals surface area (Å²) in [5.74, 6) is 1.94. The minimum Gasteiger partial charge on any atom is -0.493 e. The maximum atomic E-state index is 5.84. The van der Waals surface area contributed by atoms with Crippen molar-refractivity contribution in [1.29, 1.82) is 0 Å². The van der Waals surface area contributed by atoms with Gasteiger partial charge in [-0.3, -0.25) is 0 Å². The van der Waals surface area contributed by atoms with Crippen molar-refractivity contribution in [3.8, 4) is 11.5 Å². The van der Waals surface area contributed by atoms with Gasteiger partial charge in [0.25, 0.3) is 0 Å². The number of rotatable bonds is 5. The van der Waals surface area contributed by atoms with Crippen molar-refractivity contribution < 1.29 is 9.47 Å². The fourth-order valence-corrected chi connectivity index (χ4v) is 2.42. The van der Waals surface area contributed by atoms with Crippen molar-refractivity contribution in [1.82, 2.24) is 5.32 Å². The molecular formula is C18H27NO2. The van der Waals surface area contributed by atoms with Gasteiger partial charge in [-0.05, 0) is 46.8 Å². The molecule has 3 nitrogen and oxygen atoms in total. The fraction of sp³-hybridized carbons (Fsp3) is 0.556. The van der Waals surface area contributed by atoms with Crippen LogP contribution < -0.4 is 14.8 Å². The van der Waals surface area contributed by atoms with Crippen molar-refractivity contribution in [2.45, 2.75) is 52.7 Å². The summed E-state index contributed by atoms with van der Waals surface area (Å²) in [5, 5.41) is 3.44. The summed E-state index contributed by atoms with van der Waals surface area (Å²) >= 11 is 0. The molecule has 0 saturated carbocycles. The van der Waals surface area contributed by atoms with Gasteiger partial charge in [-0.15, -0.1) is 0 Å². The number of benzene rings is 1. The lowest BCUT2D eigenvalue weighted by Gasteiger charge is -2.19. The van der Waals surface area contributed by atoms with E-state index < -0.39 is 0 Å². The molecule has 1 N–H and O–H groups in total. The average molecular weight is 289 g/mol. The van der Waals surface area contributed by atoms with E-state index in [4.69, 9.17) is 9.47 Å². The zero-order valence-corrected chi connectivity index (χ0v) is 13.8. The van der Waals surface area contributed by atoms with Crippen LogP contribution in [0.3, 0.4) is 0 Å². The topological polar surface area (TPSA) is 30.5 Å². The Hall–Kier alpha value is -1.48. The Bertz CT molecular complexity index is 515. The Morgan fingerprint density at radius 1 is 1.38 bits per heavy atom. The molecule has 1 atom stereocenters. The van der Waals surface area contributed by atoms with E-state index in [-0.39, 0.29) is 11.6 Å². The van der Waals surface area contributed by atoms with Crippen molar-refractivity contribution in [3.63, 3.8) is 0 Å². The standard InChI is InChI=1S/C18H27NO2/c1-6-20-16-12-15-10-13(2)21-17(15)11-14(16)8-7-9-19-18(3,4)5/h7-8,11-13,19H,6,9-10H2,1-5H3. The molecular weight excluding hydrogens is 262 g/mol. The zero-order valence-electron chi connectivity index (χ0n) is 13.8. The smallest absolute Gasteiger partial charge is 0.127 e. The zero-order chi connectivity index (χ0) is 15.5. The summed E-state index contributed by atoms with van der Waals surface area (Å²) in [5.41, 5.74) is 2.46. The molecule has 0 fully saturated rings. The first-order valence-electron chi connectivity index (χ1n) is 7.77. The Kier molecular flexibility index (Phi) is 4.94. The summed E-state index contributed by atoms with van der Waals surface area (Å²) in [7, 11) is 0. The third kappa shape index (κ3) is 4.50. The van der Waals surface area contributed by atoms with Crippen LogP contribution in [0.1, 0.15) is 45.7 Å². The van der Waals surface area contributed by atoms with Crippen LogP contribution in [0.15, 0.2) is 18.2 Å². The predicted molar refractivity (Wildman–Crippen MR) is 88.2 cm³/mol.